The van der Waals surface area contributed by atoms with E-state index in [-0.39, 0.29) is 29.1 Å². The highest BCUT2D eigenvalue weighted by Crippen LogP contribution is 2.38. The van der Waals surface area contributed by atoms with Crippen molar-refractivity contribution in [2.24, 2.45) is 0 Å². The third-order valence-electron chi connectivity index (χ3n) is 6.36. The molecule has 2 aromatic heterocycles. The van der Waals surface area contributed by atoms with Gasteiger partial charge in [0.2, 0.25) is 0 Å². The molecule has 0 bridgehead atoms. The van der Waals surface area contributed by atoms with Crippen LogP contribution in [0.25, 0.3) is 32.9 Å². The third kappa shape index (κ3) is 4.19. The van der Waals surface area contributed by atoms with Crippen molar-refractivity contribution in [3.8, 4) is 29.4 Å². The lowest BCUT2D eigenvalue weighted by Crippen LogP contribution is -2.46. The minimum atomic E-state index is -0.876. The normalized spacial score (nSPS) is 17.9. The lowest BCUT2D eigenvalue weighted by Gasteiger charge is -2.37. The Morgan fingerprint density at radius 2 is 2.06 bits per heavy atom. The number of terminal acetylenes is 1. The molecule has 5 rings (SSSR count). The maximum Gasteiger partial charge on any atom is 0.188 e. The first-order valence-electron chi connectivity index (χ1n) is 11.4. The summed E-state index contributed by atoms with van der Waals surface area (Å²) in [5, 5.41) is 11.9. The van der Waals surface area contributed by atoms with Gasteiger partial charge in [0.25, 0.3) is 0 Å². The average molecular weight is 491 g/mol. The molecular formula is C27H24F2N4O3. The Morgan fingerprint density at radius 3 is 2.81 bits per heavy atom. The number of benzene rings is 2. The molecule has 1 aliphatic heterocycles. The maximum absolute atomic E-state index is 16.1. The number of piperidine rings is 1. The summed E-state index contributed by atoms with van der Waals surface area (Å²) in [6.07, 6.45) is 9.86. The van der Waals surface area contributed by atoms with Crippen molar-refractivity contribution >= 4 is 27.5 Å². The van der Waals surface area contributed by atoms with E-state index in [4.69, 9.17) is 15.9 Å². The van der Waals surface area contributed by atoms with Crippen molar-refractivity contribution in [1.29, 1.82) is 0 Å². The molecule has 184 valence electrons. The molecule has 36 heavy (non-hydrogen) atoms. The third-order valence-corrected chi connectivity index (χ3v) is 6.36. The number of aromatic nitrogens is 3. The van der Waals surface area contributed by atoms with Gasteiger partial charge >= 0.3 is 0 Å². The first-order chi connectivity index (χ1) is 17.3. The molecule has 9 heteroatoms. The minimum absolute atomic E-state index is 0.000938. The topological polar surface area (TPSA) is 80.6 Å². The molecule has 7 nitrogen and oxygen atoms in total. The zero-order valence-corrected chi connectivity index (χ0v) is 19.9. The number of aliphatic hydroxyl groups is 1. The quantitative estimate of drug-likeness (QED) is 0.327. The summed E-state index contributed by atoms with van der Waals surface area (Å²) in [6, 6.07) is 6.05. The Kier molecular flexibility index (Phi) is 6.16. The highest BCUT2D eigenvalue weighted by atomic mass is 19.1. The van der Waals surface area contributed by atoms with E-state index in [1.807, 2.05) is 4.90 Å². The number of hydrogen-bond donors (Lipinski definition) is 1. The molecule has 0 aliphatic carbocycles. The van der Waals surface area contributed by atoms with E-state index < -0.39 is 17.2 Å². The number of pyridine rings is 1. The summed E-state index contributed by atoms with van der Waals surface area (Å²) in [6.45, 7) is 2.76. The molecule has 1 aliphatic rings. The van der Waals surface area contributed by atoms with E-state index in [2.05, 4.69) is 20.9 Å². The van der Waals surface area contributed by atoms with Gasteiger partial charge in [-0.1, -0.05) is 12.0 Å². The fourth-order valence-corrected chi connectivity index (χ4v) is 4.77. The van der Waals surface area contributed by atoms with E-state index in [1.54, 1.807) is 25.1 Å². The molecule has 3 heterocycles. The van der Waals surface area contributed by atoms with Gasteiger partial charge < -0.3 is 19.5 Å². The van der Waals surface area contributed by atoms with Gasteiger partial charge in [-0.25, -0.2) is 18.7 Å². The molecule has 1 atom stereocenters. The lowest BCUT2D eigenvalue weighted by atomic mass is 9.94. The second-order valence-electron chi connectivity index (χ2n) is 9.09. The highest BCUT2D eigenvalue weighted by molar-refractivity contribution is 6.03. The zero-order chi connectivity index (χ0) is 25.4. The predicted octanol–water partition coefficient (Wildman–Crippen LogP) is 4.44. The standard InChI is InChI=1S/C27H24F2N4O3/c1-4-18-21(28)7-6-16-10-17(36-15-35-3)11-19(22(16)18)24-23(29)25-20(12-30-24)26(32-14-31-25)33-9-5-8-27(2,34)13-33/h1,6-7,10-12,14,34H,5,8-9,13,15H2,2-3H3. The highest BCUT2D eigenvalue weighted by Gasteiger charge is 2.30. The Labute approximate surface area is 206 Å². The van der Waals surface area contributed by atoms with Crippen molar-refractivity contribution in [3.63, 3.8) is 0 Å². The Balaban J connectivity index is 1.72. The molecule has 0 saturated carbocycles. The first kappa shape index (κ1) is 23.9. The molecule has 0 spiro atoms. The lowest BCUT2D eigenvalue weighted by molar-refractivity contribution is 0.0447. The second-order valence-corrected chi connectivity index (χ2v) is 9.09. The monoisotopic (exact) mass is 490 g/mol. The maximum atomic E-state index is 16.1. The van der Waals surface area contributed by atoms with Gasteiger partial charge in [0.1, 0.15) is 34.9 Å². The van der Waals surface area contributed by atoms with E-state index in [0.29, 0.717) is 47.2 Å². The largest absolute Gasteiger partial charge is 0.468 e. The molecule has 0 radical (unpaired) electrons. The molecule has 0 amide bonds. The Morgan fingerprint density at radius 1 is 1.22 bits per heavy atom. The van der Waals surface area contributed by atoms with Crippen molar-refractivity contribution in [3.05, 3.63) is 54.0 Å². The number of hydrogen-bond acceptors (Lipinski definition) is 7. The van der Waals surface area contributed by atoms with Crippen molar-refractivity contribution < 1.29 is 23.4 Å². The van der Waals surface area contributed by atoms with Crippen LogP contribution in [0.2, 0.25) is 0 Å². The first-order valence-corrected chi connectivity index (χ1v) is 11.4. The predicted molar refractivity (Wildman–Crippen MR) is 133 cm³/mol. The summed E-state index contributed by atoms with van der Waals surface area (Å²) in [7, 11) is 1.48. The van der Waals surface area contributed by atoms with Gasteiger partial charge in [-0.3, -0.25) is 4.98 Å². The van der Waals surface area contributed by atoms with Gasteiger partial charge in [-0.15, -0.1) is 6.42 Å². The molecule has 1 saturated heterocycles. The minimum Gasteiger partial charge on any atom is -0.468 e. The van der Waals surface area contributed by atoms with Crippen LogP contribution in [0, 0.1) is 24.0 Å². The summed E-state index contributed by atoms with van der Waals surface area (Å²) in [5.41, 5.74) is -0.593. The molecular weight excluding hydrogens is 466 g/mol. The van der Waals surface area contributed by atoms with Crippen LogP contribution in [0.15, 0.2) is 36.8 Å². The fraction of sp³-hybridized carbons (Fsp3) is 0.296. The second kappa shape index (κ2) is 9.30. The molecule has 1 N–H and O–H groups in total. The van der Waals surface area contributed by atoms with Crippen LogP contribution < -0.4 is 9.64 Å². The number of rotatable bonds is 5. The number of nitrogens with zero attached hydrogens (tertiary/aromatic N) is 4. The molecule has 4 aromatic rings. The van der Waals surface area contributed by atoms with Crippen LogP contribution >= 0.6 is 0 Å². The number of methoxy groups -OCH3 is 1. The van der Waals surface area contributed by atoms with Crippen molar-refractivity contribution in [2.45, 2.75) is 25.4 Å². The Bertz CT molecular complexity index is 1520. The fourth-order valence-electron chi connectivity index (χ4n) is 4.77. The van der Waals surface area contributed by atoms with Gasteiger partial charge in [0.05, 0.1) is 16.6 Å². The number of halogens is 2. The van der Waals surface area contributed by atoms with Crippen LogP contribution in [0.4, 0.5) is 14.6 Å². The number of β-amino-alcohol motifs (C(OH)–C–C–N with tert-alkyl or cyclic N) is 1. The molecule has 1 fully saturated rings. The van der Waals surface area contributed by atoms with E-state index in [0.717, 1.165) is 6.42 Å². The van der Waals surface area contributed by atoms with Crippen LogP contribution in [0.1, 0.15) is 25.3 Å². The molecule has 2 aromatic carbocycles. The summed E-state index contributed by atoms with van der Waals surface area (Å²) in [4.78, 5) is 14.9. The smallest absolute Gasteiger partial charge is 0.188 e. The van der Waals surface area contributed by atoms with Gasteiger partial charge in [-0.2, -0.15) is 0 Å². The SMILES string of the molecule is C#Cc1c(F)ccc2cc(OCOC)cc(-c3ncc4c(N5CCCC(C)(O)C5)ncnc4c3F)c12. The van der Waals surface area contributed by atoms with Gasteiger partial charge in [0, 0.05) is 37.3 Å². The van der Waals surface area contributed by atoms with E-state index >= 15 is 4.39 Å². The summed E-state index contributed by atoms with van der Waals surface area (Å²) < 4.78 is 41.3. The van der Waals surface area contributed by atoms with Crippen LogP contribution in [0.3, 0.4) is 0 Å². The van der Waals surface area contributed by atoms with Gasteiger partial charge in [-0.05, 0) is 43.4 Å². The van der Waals surface area contributed by atoms with Crippen LogP contribution in [-0.2, 0) is 4.74 Å². The van der Waals surface area contributed by atoms with Crippen molar-refractivity contribution in [1.82, 2.24) is 15.0 Å². The number of ether oxygens (including phenoxy) is 2. The van der Waals surface area contributed by atoms with E-state index in [9.17, 15) is 9.50 Å². The van der Waals surface area contributed by atoms with E-state index in [1.165, 1.54) is 25.7 Å². The van der Waals surface area contributed by atoms with Crippen LogP contribution in [0.5, 0.6) is 5.75 Å². The number of fused-ring (bicyclic) bond motifs is 2. The van der Waals surface area contributed by atoms with Crippen LogP contribution in [-0.4, -0.2) is 52.7 Å². The summed E-state index contributed by atoms with van der Waals surface area (Å²) in [5.74, 6) is 1.97. The number of anilines is 1. The van der Waals surface area contributed by atoms with Gasteiger partial charge in [0.15, 0.2) is 12.6 Å². The molecule has 1 unspecified atom stereocenters. The summed E-state index contributed by atoms with van der Waals surface area (Å²) >= 11 is 0. The average Bonchev–Trinajstić information content (AvgIpc) is 2.86. The zero-order valence-electron chi connectivity index (χ0n) is 19.9. The Hall–Kier alpha value is -3.87. The van der Waals surface area contributed by atoms with Crippen molar-refractivity contribution in [2.75, 3.05) is 31.9 Å².